The van der Waals surface area contributed by atoms with Crippen molar-refractivity contribution in [2.24, 2.45) is 0 Å². The van der Waals surface area contributed by atoms with E-state index < -0.39 is 0 Å². The Balaban J connectivity index is 1.62. The van der Waals surface area contributed by atoms with Crippen LogP contribution in [0.2, 0.25) is 5.02 Å². The standard InChI is InChI=1S/C14H21ClN2/c15-13-6-4-7-14(12-13)16-8-5-11-17-9-2-1-3-10-17/h4,6-7,12,16H,1-3,5,8-11H2. The highest BCUT2D eigenvalue weighted by Crippen LogP contribution is 2.15. The second-order valence-electron chi connectivity index (χ2n) is 4.69. The normalized spacial score (nSPS) is 17.0. The predicted molar refractivity (Wildman–Crippen MR) is 74.8 cm³/mol. The first-order valence-corrected chi connectivity index (χ1v) is 6.94. The number of hydrogen-bond acceptors (Lipinski definition) is 2. The van der Waals surface area contributed by atoms with Crippen LogP contribution in [-0.2, 0) is 0 Å². The Bertz CT molecular complexity index is 335. The van der Waals surface area contributed by atoms with Gasteiger partial charge in [0.05, 0.1) is 0 Å². The summed E-state index contributed by atoms with van der Waals surface area (Å²) in [4.78, 5) is 2.57. The molecule has 94 valence electrons. The highest BCUT2D eigenvalue weighted by atomic mass is 35.5. The number of nitrogens with zero attached hydrogens (tertiary/aromatic N) is 1. The molecule has 0 aromatic heterocycles. The molecule has 1 fully saturated rings. The second-order valence-corrected chi connectivity index (χ2v) is 5.13. The molecular formula is C14H21ClN2. The maximum atomic E-state index is 5.93. The minimum Gasteiger partial charge on any atom is -0.385 e. The zero-order chi connectivity index (χ0) is 11.9. The Labute approximate surface area is 109 Å². The van der Waals surface area contributed by atoms with Gasteiger partial charge in [-0.05, 0) is 57.1 Å². The number of rotatable bonds is 5. The van der Waals surface area contributed by atoms with Crippen LogP contribution in [0.15, 0.2) is 24.3 Å². The van der Waals surface area contributed by atoms with Crippen LogP contribution in [0.4, 0.5) is 5.69 Å². The van der Waals surface area contributed by atoms with Crippen molar-refractivity contribution >= 4 is 17.3 Å². The molecule has 0 saturated carbocycles. The molecule has 1 saturated heterocycles. The Morgan fingerprint density at radius 3 is 2.76 bits per heavy atom. The van der Waals surface area contributed by atoms with Crippen LogP contribution in [0.1, 0.15) is 25.7 Å². The van der Waals surface area contributed by atoms with Crippen molar-refractivity contribution in [1.29, 1.82) is 0 Å². The van der Waals surface area contributed by atoms with E-state index in [1.54, 1.807) is 0 Å². The van der Waals surface area contributed by atoms with Gasteiger partial charge in [0.1, 0.15) is 0 Å². The maximum absolute atomic E-state index is 5.93. The maximum Gasteiger partial charge on any atom is 0.0426 e. The van der Waals surface area contributed by atoms with Gasteiger partial charge in [-0.1, -0.05) is 24.1 Å². The Morgan fingerprint density at radius 1 is 1.18 bits per heavy atom. The van der Waals surface area contributed by atoms with Crippen molar-refractivity contribution in [3.05, 3.63) is 29.3 Å². The summed E-state index contributed by atoms with van der Waals surface area (Å²) in [6.45, 7) is 4.82. The molecule has 1 heterocycles. The summed E-state index contributed by atoms with van der Waals surface area (Å²) in [5, 5.41) is 4.21. The van der Waals surface area contributed by atoms with E-state index in [4.69, 9.17) is 11.6 Å². The number of anilines is 1. The number of nitrogens with one attached hydrogen (secondary N) is 1. The fraction of sp³-hybridized carbons (Fsp3) is 0.571. The molecule has 1 aromatic carbocycles. The lowest BCUT2D eigenvalue weighted by atomic mass is 10.1. The van der Waals surface area contributed by atoms with Crippen LogP contribution in [0.5, 0.6) is 0 Å². The highest BCUT2D eigenvalue weighted by molar-refractivity contribution is 6.30. The molecule has 0 radical (unpaired) electrons. The van der Waals surface area contributed by atoms with Crippen molar-refractivity contribution in [3.8, 4) is 0 Å². The minimum atomic E-state index is 0.797. The molecular weight excluding hydrogens is 232 g/mol. The van der Waals surface area contributed by atoms with E-state index in [2.05, 4.69) is 16.3 Å². The van der Waals surface area contributed by atoms with Crippen molar-refractivity contribution in [2.75, 3.05) is 31.5 Å². The quantitative estimate of drug-likeness (QED) is 0.806. The summed E-state index contributed by atoms with van der Waals surface area (Å²) in [6, 6.07) is 7.92. The molecule has 3 heteroatoms. The summed E-state index contributed by atoms with van der Waals surface area (Å²) < 4.78 is 0. The third-order valence-corrected chi connectivity index (χ3v) is 3.49. The molecule has 2 nitrogen and oxygen atoms in total. The van der Waals surface area contributed by atoms with Crippen LogP contribution >= 0.6 is 11.6 Å². The largest absolute Gasteiger partial charge is 0.385 e. The van der Waals surface area contributed by atoms with Crippen molar-refractivity contribution in [2.45, 2.75) is 25.7 Å². The first-order chi connectivity index (χ1) is 8.34. The van der Waals surface area contributed by atoms with E-state index in [1.807, 2.05) is 18.2 Å². The molecule has 0 spiro atoms. The van der Waals surface area contributed by atoms with Gasteiger partial charge in [0.25, 0.3) is 0 Å². The summed E-state index contributed by atoms with van der Waals surface area (Å²) >= 11 is 5.93. The molecule has 0 unspecified atom stereocenters. The third kappa shape index (κ3) is 4.57. The Morgan fingerprint density at radius 2 is 2.00 bits per heavy atom. The SMILES string of the molecule is Clc1cccc(NCCCN2CCCCC2)c1. The van der Waals surface area contributed by atoms with E-state index in [9.17, 15) is 0 Å². The van der Waals surface area contributed by atoms with E-state index in [1.165, 1.54) is 45.3 Å². The smallest absolute Gasteiger partial charge is 0.0426 e. The van der Waals surface area contributed by atoms with Gasteiger partial charge in [-0.2, -0.15) is 0 Å². The lowest BCUT2D eigenvalue weighted by Gasteiger charge is -2.26. The van der Waals surface area contributed by atoms with Gasteiger partial charge >= 0.3 is 0 Å². The fourth-order valence-electron chi connectivity index (χ4n) is 2.32. The van der Waals surface area contributed by atoms with Crippen LogP contribution in [0.3, 0.4) is 0 Å². The van der Waals surface area contributed by atoms with E-state index >= 15 is 0 Å². The molecule has 2 rings (SSSR count). The zero-order valence-electron chi connectivity index (χ0n) is 10.3. The Kier molecular flexibility index (Phi) is 5.14. The van der Waals surface area contributed by atoms with E-state index in [0.717, 1.165) is 17.3 Å². The topological polar surface area (TPSA) is 15.3 Å². The summed E-state index contributed by atoms with van der Waals surface area (Å²) in [5.41, 5.74) is 1.12. The van der Waals surface area contributed by atoms with E-state index in [0.29, 0.717) is 0 Å². The van der Waals surface area contributed by atoms with Crippen molar-refractivity contribution in [1.82, 2.24) is 4.90 Å². The van der Waals surface area contributed by atoms with Gasteiger partial charge < -0.3 is 10.2 Å². The van der Waals surface area contributed by atoms with Gasteiger partial charge in [0, 0.05) is 17.3 Å². The number of piperidine rings is 1. The molecule has 1 aromatic rings. The summed E-state index contributed by atoms with van der Waals surface area (Å²) in [5.74, 6) is 0. The number of likely N-dealkylation sites (tertiary alicyclic amines) is 1. The molecule has 0 atom stereocenters. The minimum absolute atomic E-state index is 0.797. The van der Waals surface area contributed by atoms with Gasteiger partial charge in [-0.15, -0.1) is 0 Å². The summed E-state index contributed by atoms with van der Waals surface area (Å²) in [7, 11) is 0. The molecule has 1 aliphatic rings. The lowest BCUT2D eigenvalue weighted by Crippen LogP contribution is -2.31. The first-order valence-electron chi connectivity index (χ1n) is 6.56. The van der Waals surface area contributed by atoms with Crippen LogP contribution < -0.4 is 5.32 Å². The molecule has 0 aliphatic carbocycles. The third-order valence-electron chi connectivity index (χ3n) is 3.25. The zero-order valence-corrected chi connectivity index (χ0v) is 11.0. The van der Waals surface area contributed by atoms with Gasteiger partial charge in [-0.3, -0.25) is 0 Å². The molecule has 17 heavy (non-hydrogen) atoms. The molecule has 0 amide bonds. The highest BCUT2D eigenvalue weighted by Gasteiger charge is 2.08. The van der Waals surface area contributed by atoms with Crippen molar-refractivity contribution < 1.29 is 0 Å². The van der Waals surface area contributed by atoms with Crippen LogP contribution in [0.25, 0.3) is 0 Å². The Hall–Kier alpha value is -0.730. The fourth-order valence-corrected chi connectivity index (χ4v) is 2.51. The van der Waals surface area contributed by atoms with E-state index in [-0.39, 0.29) is 0 Å². The van der Waals surface area contributed by atoms with Crippen LogP contribution in [0, 0.1) is 0 Å². The number of halogens is 1. The number of hydrogen-bond donors (Lipinski definition) is 1. The molecule has 1 N–H and O–H groups in total. The second kappa shape index (κ2) is 6.87. The monoisotopic (exact) mass is 252 g/mol. The first kappa shape index (κ1) is 12.7. The average molecular weight is 253 g/mol. The lowest BCUT2D eigenvalue weighted by molar-refractivity contribution is 0.228. The average Bonchev–Trinajstić information content (AvgIpc) is 2.36. The van der Waals surface area contributed by atoms with Crippen LogP contribution in [-0.4, -0.2) is 31.1 Å². The number of benzene rings is 1. The predicted octanol–water partition coefficient (Wildman–Crippen LogP) is 3.63. The van der Waals surface area contributed by atoms with Gasteiger partial charge in [0.2, 0.25) is 0 Å². The molecule has 1 aliphatic heterocycles. The van der Waals surface area contributed by atoms with Gasteiger partial charge in [-0.25, -0.2) is 0 Å². The summed E-state index contributed by atoms with van der Waals surface area (Å²) in [6.07, 6.45) is 5.37. The van der Waals surface area contributed by atoms with Gasteiger partial charge in [0.15, 0.2) is 0 Å². The van der Waals surface area contributed by atoms with Crippen molar-refractivity contribution in [3.63, 3.8) is 0 Å². The molecule has 0 bridgehead atoms.